The van der Waals surface area contributed by atoms with Crippen LogP contribution in [0.4, 0.5) is 46.3 Å². The number of hydrogen-bond acceptors (Lipinski definition) is 9. The Hall–Kier alpha value is -6.47. The summed E-state index contributed by atoms with van der Waals surface area (Å²) in [5, 5.41) is 11.9. The average molecular weight is 1040 g/mol. The fraction of sp³-hybridized carbons (Fsp3) is 0.509. The number of anilines is 4. The number of methoxy groups -OCH3 is 1. The number of ether oxygens (including phenoxy) is 1. The van der Waals surface area contributed by atoms with Gasteiger partial charge in [0.15, 0.2) is 0 Å². The zero-order chi connectivity index (χ0) is 54.0. The van der Waals surface area contributed by atoms with Crippen LogP contribution in [-0.2, 0) is 12.8 Å². The minimum absolute atomic E-state index is 0.0109. The average Bonchev–Trinajstić information content (AvgIpc) is 3.40. The standard InChI is InChI=1S/C16H23N3O.C14H21N3O2.C14H21N3O.C13H18FN3O/c1-18-9-11-19(12-10-18)16(20)17-15-8-4-6-13-5-2-3-7-14(13)15;1-11-10-12(19-3)4-5-13(11)15-14(18)17-8-6-16(2)7-9-17;1-11-5-4-6-13(12(11)2)15-14(18)17-9-7-16(3)8-10-17;1-10-9-11(14)3-4-12(10)15-13(18)17-7-5-16(2)6-8-17/h4,6,8H,2-3,5,7,9-12H2,1H3,(H,17,20);4-5,10H,6-9H2,1-3H3,(H,15,18);4-6H,7-10H2,1-3H3,(H,15,18);3-4,9H,5-8H2,1-2H3,(H,15,18). The van der Waals surface area contributed by atoms with Crippen LogP contribution in [0.5, 0.6) is 5.75 Å². The molecule has 0 aromatic heterocycles. The first kappa shape index (κ1) is 57.8. The van der Waals surface area contributed by atoms with Crippen LogP contribution in [0, 0.1) is 33.5 Å². The monoisotopic (exact) mass is 1030 g/mol. The van der Waals surface area contributed by atoms with Crippen molar-refractivity contribution in [2.75, 3.05) is 161 Å². The third-order valence-electron chi connectivity index (χ3n) is 14.8. The molecular formula is C57H83FN12O5. The van der Waals surface area contributed by atoms with Gasteiger partial charge in [-0.1, -0.05) is 24.3 Å². The van der Waals surface area contributed by atoms with E-state index in [0.717, 1.165) is 157 Å². The molecule has 4 aliphatic heterocycles. The second-order valence-electron chi connectivity index (χ2n) is 20.4. The van der Waals surface area contributed by atoms with Crippen LogP contribution in [-0.4, -0.2) is 203 Å². The lowest BCUT2D eigenvalue weighted by atomic mass is 9.90. The maximum atomic E-state index is 13.0. The van der Waals surface area contributed by atoms with Crippen LogP contribution in [0.1, 0.15) is 46.2 Å². The number of carbonyl (C=O) groups is 4. The van der Waals surface area contributed by atoms with E-state index >= 15 is 0 Å². The summed E-state index contributed by atoms with van der Waals surface area (Å²) in [5.74, 6) is 0.514. The number of nitrogens with zero attached hydrogens (tertiary/aromatic N) is 8. The predicted molar refractivity (Wildman–Crippen MR) is 300 cm³/mol. The third-order valence-corrected chi connectivity index (χ3v) is 14.8. The second-order valence-corrected chi connectivity index (χ2v) is 20.4. The zero-order valence-electron chi connectivity index (χ0n) is 46.1. The molecule has 5 aliphatic rings. The number of aryl methyl sites for hydroxylation is 4. The van der Waals surface area contributed by atoms with Crippen molar-refractivity contribution in [1.82, 2.24) is 39.2 Å². The van der Waals surface area contributed by atoms with E-state index in [-0.39, 0.29) is 29.9 Å². The number of benzene rings is 4. The first-order valence-electron chi connectivity index (χ1n) is 26.5. The highest BCUT2D eigenvalue weighted by Crippen LogP contribution is 2.28. The summed E-state index contributed by atoms with van der Waals surface area (Å²) < 4.78 is 18.1. The summed E-state index contributed by atoms with van der Waals surface area (Å²) in [6, 6.07) is 22.2. The van der Waals surface area contributed by atoms with Gasteiger partial charge in [-0.2, -0.15) is 0 Å². The number of likely N-dealkylation sites (N-methyl/N-ethyl adjacent to an activating group) is 4. The molecule has 408 valence electrons. The number of nitrogens with one attached hydrogen (secondary N) is 4. The molecule has 4 aromatic carbocycles. The molecule has 0 atom stereocenters. The molecule has 8 amide bonds. The molecule has 0 unspecified atom stereocenters. The Balaban J connectivity index is 0.000000163. The van der Waals surface area contributed by atoms with Gasteiger partial charge in [0.1, 0.15) is 11.6 Å². The summed E-state index contributed by atoms with van der Waals surface area (Å²) in [6.45, 7) is 21.5. The van der Waals surface area contributed by atoms with E-state index in [9.17, 15) is 23.6 Å². The highest BCUT2D eigenvalue weighted by molar-refractivity contribution is 5.92. The van der Waals surface area contributed by atoms with Crippen molar-refractivity contribution in [3.8, 4) is 5.75 Å². The van der Waals surface area contributed by atoms with Gasteiger partial charge in [-0.25, -0.2) is 23.6 Å². The highest BCUT2D eigenvalue weighted by Gasteiger charge is 2.24. The Morgan fingerprint density at radius 1 is 0.440 bits per heavy atom. The van der Waals surface area contributed by atoms with Crippen molar-refractivity contribution in [2.45, 2.75) is 53.4 Å². The largest absolute Gasteiger partial charge is 0.497 e. The summed E-state index contributed by atoms with van der Waals surface area (Å²) in [6.07, 6.45) is 4.74. The molecule has 18 heteroatoms. The van der Waals surface area contributed by atoms with Gasteiger partial charge in [0.2, 0.25) is 0 Å². The lowest BCUT2D eigenvalue weighted by molar-refractivity contribution is 0.164. The van der Waals surface area contributed by atoms with Crippen molar-refractivity contribution >= 4 is 46.9 Å². The molecule has 0 spiro atoms. The molecule has 4 aromatic rings. The van der Waals surface area contributed by atoms with Crippen molar-refractivity contribution in [2.24, 2.45) is 0 Å². The van der Waals surface area contributed by atoms with E-state index in [0.29, 0.717) is 5.69 Å². The summed E-state index contributed by atoms with van der Waals surface area (Å²) in [5.41, 5.74) is 10.3. The molecule has 75 heavy (non-hydrogen) atoms. The summed E-state index contributed by atoms with van der Waals surface area (Å²) in [7, 11) is 9.93. The van der Waals surface area contributed by atoms with Gasteiger partial charge in [0.25, 0.3) is 0 Å². The number of halogens is 1. The molecule has 0 saturated carbocycles. The predicted octanol–water partition coefficient (Wildman–Crippen LogP) is 8.12. The number of carbonyl (C=O) groups excluding carboxylic acids is 4. The SMILES string of the molecule is CN1CCN(C(=O)Nc2cccc3c2CCCC3)CC1.COc1ccc(NC(=O)N2CCN(C)CC2)c(C)c1.Cc1cc(F)ccc1NC(=O)N1CCN(C)CC1.Cc1cccc(NC(=O)N2CCN(C)CC2)c1C. The lowest BCUT2D eigenvalue weighted by Crippen LogP contribution is -2.48. The van der Waals surface area contributed by atoms with E-state index < -0.39 is 0 Å². The minimum atomic E-state index is -0.287. The Labute approximate surface area is 445 Å². The Kier molecular flexibility index (Phi) is 21.9. The van der Waals surface area contributed by atoms with Gasteiger partial charge < -0.3 is 65.2 Å². The zero-order valence-corrected chi connectivity index (χ0v) is 46.1. The van der Waals surface area contributed by atoms with E-state index in [2.05, 4.69) is 87.1 Å². The van der Waals surface area contributed by atoms with Gasteiger partial charge >= 0.3 is 24.1 Å². The number of urea groups is 4. The van der Waals surface area contributed by atoms with E-state index in [1.807, 2.05) is 72.0 Å². The minimum Gasteiger partial charge on any atom is -0.497 e. The molecule has 0 radical (unpaired) electrons. The molecule has 17 nitrogen and oxygen atoms in total. The maximum absolute atomic E-state index is 13.0. The van der Waals surface area contributed by atoms with Gasteiger partial charge in [-0.3, -0.25) is 0 Å². The van der Waals surface area contributed by atoms with E-state index in [4.69, 9.17) is 4.74 Å². The second kappa shape index (κ2) is 28.4. The first-order chi connectivity index (χ1) is 36.0. The number of amides is 8. The number of hydrogen-bond donors (Lipinski definition) is 4. The molecule has 4 fully saturated rings. The summed E-state index contributed by atoms with van der Waals surface area (Å²) in [4.78, 5) is 65.0. The van der Waals surface area contributed by atoms with E-state index in [1.165, 1.54) is 41.7 Å². The molecule has 1 aliphatic carbocycles. The quantitative estimate of drug-likeness (QED) is 0.155. The van der Waals surface area contributed by atoms with Gasteiger partial charge in [-0.05, 0) is 163 Å². The first-order valence-corrected chi connectivity index (χ1v) is 26.5. The van der Waals surface area contributed by atoms with Crippen molar-refractivity contribution in [3.63, 3.8) is 0 Å². The van der Waals surface area contributed by atoms with Gasteiger partial charge in [0.05, 0.1) is 7.11 Å². The fourth-order valence-electron chi connectivity index (χ4n) is 9.27. The van der Waals surface area contributed by atoms with Crippen LogP contribution >= 0.6 is 0 Å². The fourth-order valence-corrected chi connectivity index (χ4v) is 9.27. The topological polar surface area (TPSA) is 152 Å². The summed E-state index contributed by atoms with van der Waals surface area (Å²) >= 11 is 0. The number of rotatable bonds is 5. The van der Waals surface area contributed by atoms with Crippen molar-refractivity contribution in [3.05, 3.63) is 112 Å². The van der Waals surface area contributed by atoms with Crippen LogP contribution in [0.25, 0.3) is 0 Å². The van der Waals surface area contributed by atoms with Crippen molar-refractivity contribution < 1.29 is 28.3 Å². The highest BCUT2D eigenvalue weighted by atomic mass is 19.1. The smallest absolute Gasteiger partial charge is 0.321 e. The Morgan fingerprint density at radius 2 is 0.827 bits per heavy atom. The van der Waals surface area contributed by atoms with Crippen LogP contribution in [0.2, 0.25) is 0 Å². The van der Waals surface area contributed by atoms with Crippen LogP contribution < -0.4 is 26.0 Å². The van der Waals surface area contributed by atoms with Crippen LogP contribution in [0.3, 0.4) is 0 Å². The number of piperazine rings is 4. The normalized spacial score (nSPS) is 17.4. The Morgan fingerprint density at radius 3 is 1.27 bits per heavy atom. The third kappa shape index (κ3) is 17.6. The lowest BCUT2D eigenvalue weighted by Gasteiger charge is -2.32. The van der Waals surface area contributed by atoms with Crippen molar-refractivity contribution in [1.29, 1.82) is 0 Å². The maximum Gasteiger partial charge on any atom is 0.321 e. The van der Waals surface area contributed by atoms with Gasteiger partial charge in [-0.15, -0.1) is 0 Å². The molecule has 4 N–H and O–H groups in total. The number of fused-ring (bicyclic) bond motifs is 1. The molecule has 0 bridgehead atoms. The molecular weight excluding hydrogens is 952 g/mol. The molecule has 9 rings (SSSR count). The molecule has 4 saturated heterocycles. The van der Waals surface area contributed by atoms with Gasteiger partial charge in [0, 0.05) is 127 Å². The molecule has 4 heterocycles. The van der Waals surface area contributed by atoms with Crippen LogP contribution in [0.15, 0.2) is 72.8 Å². The Bertz CT molecular complexity index is 2520. The van der Waals surface area contributed by atoms with E-state index in [1.54, 1.807) is 25.0 Å².